The van der Waals surface area contributed by atoms with Crippen molar-refractivity contribution in [3.63, 3.8) is 0 Å². The second kappa shape index (κ2) is 5.25. The molecule has 2 aliphatic heterocycles. The molecule has 2 aliphatic rings. The van der Waals surface area contributed by atoms with Gasteiger partial charge in [0.15, 0.2) is 0 Å². The van der Waals surface area contributed by atoms with Gasteiger partial charge in [0.2, 0.25) is 5.91 Å². The molecule has 0 N–H and O–H groups in total. The number of nitrogens with zero attached hydrogens (tertiary/aromatic N) is 4. The maximum Gasteiger partial charge on any atom is 0.227 e. The van der Waals surface area contributed by atoms with E-state index < -0.39 is 0 Å². The first-order valence-electron chi connectivity index (χ1n) is 6.99. The van der Waals surface area contributed by atoms with Gasteiger partial charge in [-0.2, -0.15) is 0 Å². The summed E-state index contributed by atoms with van der Waals surface area (Å²) in [6.07, 6.45) is 6.44. The molecule has 19 heavy (non-hydrogen) atoms. The van der Waals surface area contributed by atoms with Crippen LogP contribution in [0.15, 0.2) is 12.5 Å². The second-order valence-corrected chi connectivity index (χ2v) is 5.61. The molecule has 0 bridgehead atoms. The number of aromatic nitrogens is 2. The molecule has 3 heterocycles. The van der Waals surface area contributed by atoms with Crippen molar-refractivity contribution in [1.82, 2.24) is 19.8 Å². The Morgan fingerprint density at radius 1 is 1.42 bits per heavy atom. The highest BCUT2D eigenvalue weighted by Gasteiger charge is 2.30. The van der Waals surface area contributed by atoms with E-state index in [2.05, 4.69) is 21.9 Å². The quantitative estimate of drug-likeness (QED) is 0.746. The number of carbonyl (C=O) groups is 1. The lowest BCUT2D eigenvalue weighted by Crippen LogP contribution is -2.45. The van der Waals surface area contributed by atoms with Crippen LogP contribution in [0.5, 0.6) is 0 Å². The molecular formula is C14H20N4O. The number of hydrogen-bond donors (Lipinski definition) is 0. The van der Waals surface area contributed by atoms with E-state index in [9.17, 15) is 4.79 Å². The molecule has 1 unspecified atom stereocenters. The van der Waals surface area contributed by atoms with E-state index in [4.69, 9.17) is 0 Å². The van der Waals surface area contributed by atoms with Crippen molar-refractivity contribution in [1.29, 1.82) is 0 Å². The summed E-state index contributed by atoms with van der Waals surface area (Å²) >= 11 is 0. The lowest BCUT2D eigenvalue weighted by Gasteiger charge is -2.35. The molecule has 1 saturated heterocycles. The number of likely N-dealkylation sites (tertiary alicyclic amines) is 1. The Morgan fingerprint density at radius 3 is 3.16 bits per heavy atom. The molecule has 1 aromatic rings. The summed E-state index contributed by atoms with van der Waals surface area (Å²) in [5, 5.41) is 0. The molecule has 1 fully saturated rings. The van der Waals surface area contributed by atoms with Crippen LogP contribution in [-0.2, 0) is 17.8 Å². The lowest BCUT2D eigenvalue weighted by molar-refractivity contribution is -0.138. The number of fused-ring (bicyclic) bond motifs is 1. The molecule has 5 heteroatoms. The third kappa shape index (κ3) is 2.61. The molecule has 5 nitrogen and oxygen atoms in total. The van der Waals surface area contributed by atoms with Crippen molar-refractivity contribution >= 4 is 5.91 Å². The average molecular weight is 260 g/mol. The number of carbonyl (C=O) groups excluding carboxylic acids is 1. The van der Waals surface area contributed by atoms with Crippen molar-refractivity contribution in [2.45, 2.75) is 25.8 Å². The van der Waals surface area contributed by atoms with Crippen LogP contribution in [0, 0.1) is 5.92 Å². The van der Waals surface area contributed by atoms with E-state index in [1.807, 2.05) is 11.1 Å². The van der Waals surface area contributed by atoms with Crippen LogP contribution >= 0.6 is 0 Å². The zero-order chi connectivity index (χ0) is 13.2. The lowest BCUT2D eigenvalue weighted by atomic mass is 9.95. The van der Waals surface area contributed by atoms with Crippen LogP contribution in [0.1, 0.15) is 24.1 Å². The summed E-state index contributed by atoms with van der Waals surface area (Å²) < 4.78 is 0. The summed E-state index contributed by atoms with van der Waals surface area (Å²) in [4.78, 5) is 25.1. The Morgan fingerprint density at radius 2 is 2.32 bits per heavy atom. The molecule has 0 saturated carbocycles. The Kier molecular flexibility index (Phi) is 3.46. The minimum Gasteiger partial charge on any atom is -0.338 e. The maximum absolute atomic E-state index is 12.6. The zero-order valence-corrected chi connectivity index (χ0v) is 11.4. The highest BCUT2D eigenvalue weighted by atomic mass is 16.2. The minimum absolute atomic E-state index is 0.171. The fraction of sp³-hybridized carbons (Fsp3) is 0.643. The van der Waals surface area contributed by atoms with E-state index in [0.717, 1.165) is 50.2 Å². The van der Waals surface area contributed by atoms with Gasteiger partial charge in [0.05, 0.1) is 11.6 Å². The van der Waals surface area contributed by atoms with Crippen molar-refractivity contribution in [3.8, 4) is 0 Å². The highest BCUT2D eigenvalue weighted by molar-refractivity contribution is 5.79. The zero-order valence-electron chi connectivity index (χ0n) is 11.4. The minimum atomic E-state index is 0.171. The van der Waals surface area contributed by atoms with E-state index in [1.165, 1.54) is 0 Å². The molecule has 0 aromatic carbocycles. The van der Waals surface area contributed by atoms with Gasteiger partial charge in [-0.3, -0.25) is 4.79 Å². The average Bonchev–Trinajstić information content (AvgIpc) is 2.46. The normalized spacial score (nSPS) is 24.1. The summed E-state index contributed by atoms with van der Waals surface area (Å²) in [6.45, 7) is 3.48. The van der Waals surface area contributed by atoms with Crippen molar-refractivity contribution in [2.24, 2.45) is 5.92 Å². The van der Waals surface area contributed by atoms with Gasteiger partial charge in [-0.25, -0.2) is 9.97 Å². The monoisotopic (exact) mass is 260 g/mol. The SMILES string of the molecule is CN1CCCC(C(=O)N2CCc3ncncc3C2)C1. The fourth-order valence-corrected chi connectivity index (χ4v) is 3.08. The van der Waals surface area contributed by atoms with E-state index in [-0.39, 0.29) is 5.92 Å². The maximum atomic E-state index is 12.6. The number of hydrogen-bond acceptors (Lipinski definition) is 4. The van der Waals surface area contributed by atoms with Gasteiger partial charge in [-0.1, -0.05) is 0 Å². The Hall–Kier alpha value is -1.49. The second-order valence-electron chi connectivity index (χ2n) is 5.61. The first kappa shape index (κ1) is 12.5. The van der Waals surface area contributed by atoms with Crippen LogP contribution in [0.3, 0.4) is 0 Å². The molecule has 1 atom stereocenters. The largest absolute Gasteiger partial charge is 0.338 e. The third-order valence-electron chi connectivity index (χ3n) is 4.15. The summed E-state index contributed by atoms with van der Waals surface area (Å²) in [7, 11) is 2.10. The van der Waals surface area contributed by atoms with Gasteiger partial charge in [0.1, 0.15) is 6.33 Å². The van der Waals surface area contributed by atoms with Gasteiger partial charge in [0, 0.05) is 37.8 Å². The molecular weight excluding hydrogens is 240 g/mol. The number of rotatable bonds is 1. The fourth-order valence-electron chi connectivity index (χ4n) is 3.08. The van der Waals surface area contributed by atoms with Crippen LogP contribution in [-0.4, -0.2) is 52.4 Å². The molecule has 0 spiro atoms. The van der Waals surface area contributed by atoms with Crippen molar-refractivity contribution in [3.05, 3.63) is 23.8 Å². The predicted molar refractivity (Wildman–Crippen MR) is 71.4 cm³/mol. The molecule has 0 radical (unpaired) electrons. The van der Waals surface area contributed by atoms with E-state index in [1.54, 1.807) is 6.33 Å². The van der Waals surface area contributed by atoms with Gasteiger partial charge < -0.3 is 9.80 Å². The van der Waals surface area contributed by atoms with Crippen LogP contribution < -0.4 is 0 Å². The van der Waals surface area contributed by atoms with Gasteiger partial charge in [-0.05, 0) is 26.4 Å². The first-order valence-corrected chi connectivity index (χ1v) is 6.99. The number of amides is 1. The Bertz CT molecular complexity index is 476. The van der Waals surface area contributed by atoms with Crippen LogP contribution in [0.4, 0.5) is 0 Å². The molecule has 1 amide bonds. The van der Waals surface area contributed by atoms with E-state index >= 15 is 0 Å². The van der Waals surface area contributed by atoms with Crippen molar-refractivity contribution in [2.75, 3.05) is 26.7 Å². The van der Waals surface area contributed by atoms with Crippen molar-refractivity contribution < 1.29 is 4.79 Å². The predicted octanol–water partition coefficient (Wildman–Crippen LogP) is 0.703. The van der Waals surface area contributed by atoms with E-state index in [0.29, 0.717) is 12.5 Å². The standard InChI is InChI=1S/C14H20N4O/c1-17-5-2-3-11(8-17)14(19)18-6-4-13-12(9-18)7-15-10-16-13/h7,10-11H,2-6,8-9H2,1H3. The molecule has 3 rings (SSSR count). The molecule has 0 aliphatic carbocycles. The van der Waals surface area contributed by atoms with Gasteiger partial charge in [-0.15, -0.1) is 0 Å². The molecule has 102 valence electrons. The first-order chi connectivity index (χ1) is 9.24. The van der Waals surface area contributed by atoms with Gasteiger partial charge >= 0.3 is 0 Å². The molecule has 1 aromatic heterocycles. The van der Waals surface area contributed by atoms with Crippen LogP contribution in [0.25, 0.3) is 0 Å². The number of piperidine rings is 1. The van der Waals surface area contributed by atoms with Gasteiger partial charge in [0.25, 0.3) is 0 Å². The smallest absolute Gasteiger partial charge is 0.227 e. The summed E-state index contributed by atoms with van der Waals surface area (Å²) in [5.74, 6) is 0.478. The Labute approximate surface area is 113 Å². The Balaban J connectivity index is 1.69. The third-order valence-corrected chi connectivity index (χ3v) is 4.15. The summed E-state index contributed by atoms with van der Waals surface area (Å²) in [6, 6.07) is 0. The van der Waals surface area contributed by atoms with Crippen LogP contribution in [0.2, 0.25) is 0 Å². The topological polar surface area (TPSA) is 49.3 Å². The highest BCUT2D eigenvalue weighted by Crippen LogP contribution is 2.22. The summed E-state index contributed by atoms with van der Waals surface area (Å²) in [5.41, 5.74) is 2.20.